The third kappa shape index (κ3) is 4.50. The van der Waals surface area contributed by atoms with E-state index in [1.54, 1.807) is 12.4 Å². The molecule has 1 fully saturated rings. The molecule has 0 aliphatic carbocycles. The van der Waals surface area contributed by atoms with Gasteiger partial charge in [0.1, 0.15) is 0 Å². The van der Waals surface area contributed by atoms with E-state index < -0.39 is 0 Å². The van der Waals surface area contributed by atoms with Crippen LogP contribution in [0.5, 0.6) is 0 Å². The number of rotatable bonds is 5. The van der Waals surface area contributed by atoms with Crippen LogP contribution in [0.15, 0.2) is 53.9 Å². The van der Waals surface area contributed by atoms with Gasteiger partial charge in [0, 0.05) is 31.0 Å². The molecule has 1 saturated heterocycles. The molecule has 0 radical (unpaired) electrons. The maximum absolute atomic E-state index is 12.8. The van der Waals surface area contributed by atoms with Crippen LogP contribution < -0.4 is 0 Å². The lowest BCUT2D eigenvalue weighted by atomic mass is 10.2. The molecular weight excluding hydrogens is 382 g/mol. The number of likely N-dealkylation sites (tertiary alicyclic amines) is 1. The first-order valence-electron chi connectivity index (χ1n) is 10.1. The second-order valence-electron chi connectivity index (χ2n) is 7.25. The zero-order chi connectivity index (χ0) is 20.1. The molecule has 0 atom stereocenters. The molecular formula is C22H25N5OS. The molecule has 0 spiro atoms. The Hall–Kier alpha value is -2.67. The highest BCUT2D eigenvalue weighted by Crippen LogP contribution is 2.29. The summed E-state index contributed by atoms with van der Waals surface area (Å²) in [6.45, 7) is 3.81. The van der Waals surface area contributed by atoms with Gasteiger partial charge in [-0.15, -0.1) is 10.2 Å². The van der Waals surface area contributed by atoms with Crippen LogP contribution in [0.2, 0.25) is 0 Å². The van der Waals surface area contributed by atoms with E-state index in [-0.39, 0.29) is 5.91 Å². The van der Waals surface area contributed by atoms with Gasteiger partial charge in [0.2, 0.25) is 5.91 Å². The average molecular weight is 408 g/mol. The number of amides is 1. The quantitative estimate of drug-likeness (QED) is 0.595. The summed E-state index contributed by atoms with van der Waals surface area (Å²) in [7, 11) is 0. The lowest BCUT2D eigenvalue weighted by Crippen LogP contribution is -2.33. The fourth-order valence-corrected chi connectivity index (χ4v) is 4.47. The van der Waals surface area contributed by atoms with Crippen molar-refractivity contribution in [2.75, 3.05) is 18.8 Å². The van der Waals surface area contributed by atoms with Crippen LogP contribution in [0, 0.1) is 6.92 Å². The van der Waals surface area contributed by atoms with E-state index in [1.807, 2.05) is 33.7 Å². The Morgan fingerprint density at radius 3 is 2.45 bits per heavy atom. The van der Waals surface area contributed by atoms with Crippen molar-refractivity contribution >= 4 is 17.7 Å². The van der Waals surface area contributed by atoms with Crippen LogP contribution in [-0.2, 0) is 4.79 Å². The molecule has 1 aromatic carbocycles. The summed E-state index contributed by atoms with van der Waals surface area (Å²) >= 11 is 1.46. The third-order valence-electron chi connectivity index (χ3n) is 5.21. The number of pyridine rings is 1. The Balaban J connectivity index is 1.62. The molecule has 2 aromatic heterocycles. The van der Waals surface area contributed by atoms with Crippen LogP contribution in [0.3, 0.4) is 0 Å². The molecule has 1 aliphatic rings. The summed E-state index contributed by atoms with van der Waals surface area (Å²) in [6, 6.07) is 12.0. The first-order chi connectivity index (χ1) is 14.2. The highest BCUT2D eigenvalue weighted by atomic mass is 32.2. The Labute approximate surface area is 175 Å². The minimum atomic E-state index is 0.182. The highest BCUT2D eigenvalue weighted by Gasteiger charge is 2.20. The average Bonchev–Trinajstić information content (AvgIpc) is 2.97. The number of carbonyl (C=O) groups excluding carboxylic acids is 1. The van der Waals surface area contributed by atoms with Gasteiger partial charge in [-0.05, 0) is 43.5 Å². The van der Waals surface area contributed by atoms with Crippen LogP contribution in [0.1, 0.15) is 31.2 Å². The SMILES string of the molecule is Cc1ccccc1-n1c(SCC(=O)N2CCCCCC2)nnc1-c1ccncc1. The van der Waals surface area contributed by atoms with Gasteiger partial charge in [-0.3, -0.25) is 14.3 Å². The Morgan fingerprint density at radius 1 is 1.00 bits per heavy atom. The monoisotopic (exact) mass is 407 g/mol. The standard InChI is InChI=1S/C22H25N5OS/c1-17-8-4-5-9-19(17)27-21(18-10-12-23-13-11-18)24-25-22(27)29-16-20(28)26-14-6-2-3-7-15-26/h4-5,8-13H,2-3,6-7,14-16H2,1H3. The van der Waals surface area contributed by atoms with E-state index in [2.05, 4.69) is 34.2 Å². The second-order valence-corrected chi connectivity index (χ2v) is 8.19. The van der Waals surface area contributed by atoms with Gasteiger partial charge in [0.25, 0.3) is 0 Å². The third-order valence-corrected chi connectivity index (χ3v) is 6.13. The lowest BCUT2D eigenvalue weighted by molar-refractivity contribution is -0.128. The van der Waals surface area contributed by atoms with Crippen LogP contribution >= 0.6 is 11.8 Å². The zero-order valence-corrected chi connectivity index (χ0v) is 17.4. The summed E-state index contributed by atoms with van der Waals surface area (Å²) in [4.78, 5) is 18.9. The van der Waals surface area contributed by atoms with Crippen molar-refractivity contribution in [1.29, 1.82) is 0 Å². The normalized spacial score (nSPS) is 14.6. The van der Waals surface area contributed by atoms with E-state index in [0.717, 1.165) is 53.7 Å². The largest absolute Gasteiger partial charge is 0.342 e. The highest BCUT2D eigenvalue weighted by molar-refractivity contribution is 7.99. The fourth-order valence-electron chi connectivity index (χ4n) is 3.62. The maximum Gasteiger partial charge on any atom is 0.233 e. The van der Waals surface area contributed by atoms with Crippen LogP contribution in [0.4, 0.5) is 0 Å². The Bertz CT molecular complexity index is 964. The molecule has 6 nitrogen and oxygen atoms in total. The maximum atomic E-state index is 12.8. The molecule has 0 bridgehead atoms. The molecule has 0 unspecified atom stereocenters. The zero-order valence-electron chi connectivity index (χ0n) is 16.6. The first-order valence-corrected chi connectivity index (χ1v) is 11.0. The van der Waals surface area contributed by atoms with Crippen LogP contribution in [0.25, 0.3) is 17.1 Å². The van der Waals surface area contributed by atoms with Crippen molar-refractivity contribution < 1.29 is 4.79 Å². The molecule has 29 heavy (non-hydrogen) atoms. The second kappa shape index (κ2) is 9.22. The number of aromatic nitrogens is 4. The van der Waals surface area contributed by atoms with Crippen molar-refractivity contribution in [3.63, 3.8) is 0 Å². The van der Waals surface area contributed by atoms with E-state index in [1.165, 1.54) is 24.6 Å². The van der Waals surface area contributed by atoms with Gasteiger partial charge in [-0.1, -0.05) is 42.8 Å². The van der Waals surface area contributed by atoms with E-state index >= 15 is 0 Å². The van der Waals surface area contributed by atoms with Gasteiger partial charge in [-0.2, -0.15) is 0 Å². The molecule has 4 rings (SSSR count). The predicted molar refractivity (Wildman–Crippen MR) is 115 cm³/mol. The number of carbonyl (C=O) groups is 1. The van der Waals surface area contributed by atoms with Crippen molar-refractivity contribution in [3.05, 3.63) is 54.4 Å². The van der Waals surface area contributed by atoms with E-state index in [4.69, 9.17) is 0 Å². The fraction of sp³-hybridized carbons (Fsp3) is 0.364. The molecule has 1 amide bonds. The summed E-state index contributed by atoms with van der Waals surface area (Å²) in [6.07, 6.45) is 8.13. The minimum Gasteiger partial charge on any atom is -0.342 e. The number of nitrogens with zero attached hydrogens (tertiary/aromatic N) is 5. The molecule has 150 valence electrons. The van der Waals surface area contributed by atoms with Gasteiger partial charge >= 0.3 is 0 Å². The smallest absolute Gasteiger partial charge is 0.233 e. The summed E-state index contributed by atoms with van der Waals surface area (Å²) < 4.78 is 2.05. The molecule has 7 heteroatoms. The van der Waals surface area contributed by atoms with E-state index in [9.17, 15) is 4.79 Å². The molecule has 0 N–H and O–H groups in total. The molecule has 1 aliphatic heterocycles. The predicted octanol–water partition coefficient (Wildman–Crippen LogP) is 4.13. The van der Waals surface area contributed by atoms with Crippen molar-refractivity contribution in [2.45, 2.75) is 37.8 Å². The summed E-state index contributed by atoms with van der Waals surface area (Å²) in [5.41, 5.74) is 3.10. The van der Waals surface area contributed by atoms with Gasteiger partial charge in [0.15, 0.2) is 11.0 Å². The van der Waals surface area contributed by atoms with Gasteiger partial charge in [-0.25, -0.2) is 0 Å². The van der Waals surface area contributed by atoms with Gasteiger partial charge < -0.3 is 4.90 Å². The number of hydrogen-bond acceptors (Lipinski definition) is 5. The van der Waals surface area contributed by atoms with Gasteiger partial charge in [0.05, 0.1) is 11.4 Å². The molecule has 3 heterocycles. The summed E-state index contributed by atoms with van der Waals surface area (Å²) in [5.74, 6) is 1.31. The number of aryl methyl sites for hydroxylation is 1. The molecule has 3 aromatic rings. The Kier molecular flexibility index (Phi) is 6.24. The minimum absolute atomic E-state index is 0.182. The van der Waals surface area contributed by atoms with Crippen molar-refractivity contribution in [2.24, 2.45) is 0 Å². The Morgan fingerprint density at radius 2 is 1.72 bits per heavy atom. The number of para-hydroxylation sites is 1. The van der Waals surface area contributed by atoms with E-state index in [0.29, 0.717) is 5.75 Å². The van der Waals surface area contributed by atoms with Crippen LogP contribution in [-0.4, -0.2) is 49.4 Å². The lowest BCUT2D eigenvalue weighted by Gasteiger charge is -2.20. The number of benzene rings is 1. The topological polar surface area (TPSA) is 63.9 Å². The number of thioether (sulfide) groups is 1. The summed E-state index contributed by atoms with van der Waals surface area (Å²) in [5, 5.41) is 9.61. The molecule has 0 saturated carbocycles. The first kappa shape index (κ1) is 19.6. The van der Waals surface area contributed by atoms with Crippen molar-refractivity contribution in [3.8, 4) is 17.1 Å². The number of hydrogen-bond donors (Lipinski definition) is 0. The van der Waals surface area contributed by atoms with Crippen molar-refractivity contribution in [1.82, 2.24) is 24.6 Å².